The summed E-state index contributed by atoms with van der Waals surface area (Å²) in [6.45, 7) is 3.60. The summed E-state index contributed by atoms with van der Waals surface area (Å²) in [5.74, 6) is -17.1. The Morgan fingerprint density at radius 2 is 1.33 bits per heavy atom. The summed E-state index contributed by atoms with van der Waals surface area (Å²) in [6, 6.07) is 6.17. The number of alkyl halides is 6. The quantitative estimate of drug-likeness (QED) is 0.187. The number of hydrogen-bond donors (Lipinski definition) is 0. The number of benzene rings is 3. The van der Waals surface area contributed by atoms with Crippen molar-refractivity contribution in [1.82, 2.24) is 0 Å². The van der Waals surface area contributed by atoms with Crippen molar-refractivity contribution in [3.8, 4) is 16.9 Å². The minimum absolute atomic E-state index is 0.000121. The Kier molecular flexibility index (Phi) is 7.71. The van der Waals surface area contributed by atoms with E-state index in [4.69, 9.17) is 0 Å². The summed E-state index contributed by atoms with van der Waals surface area (Å²) in [7, 11) is 0. The van der Waals surface area contributed by atoms with E-state index in [-0.39, 0.29) is 12.0 Å². The molecule has 0 aliphatic heterocycles. The first-order chi connectivity index (χ1) is 18.3. The molecule has 39 heavy (non-hydrogen) atoms. The molecule has 3 aromatic carbocycles. The molecule has 3 aromatic rings. The smallest absolute Gasteiger partial charge is 0.426 e. The Hall–Kier alpha value is -3.17. The fourth-order valence-electron chi connectivity index (χ4n) is 4.82. The van der Waals surface area contributed by atoms with E-state index in [1.165, 1.54) is 6.07 Å². The summed E-state index contributed by atoms with van der Waals surface area (Å²) in [5.41, 5.74) is -6.05. The molecule has 10 heteroatoms. The minimum Gasteiger partial charge on any atom is -0.426 e. The van der Waals surface area contributed by atoms with Gasteiger partial charge in [-0.05, 0) is 65.8 Å². The molecular weight excluding hydrogens is 535 g/mol. The lowest BCUT2D eigenvalue weighted by molar-refractivity contribution is -0.228. The second-order valence-corrected chi connectivity index (χ2v) is 9.55. The number of fused-ring (bicyclic) bond motifs is 3. The Balaban J connectivity index is 1.76. The van der Waals surface area contributed by atoms with Crippen LogP contribution in [0.3, 0.4) is 0 Å². The van der Waals surface area contributed by atoms with Crippen molar-refractivity contribution in [2.75, 3.05) is 0 Å². The monoisotopic (exact) mass is 560 g/mol. The predicted molar refractivity (Wildman–Crippen MR) is 128 cm³/mol. The lowest BCUT2D eigenvalue weighted by Gasteiger charge is -2.36. The first-order valence-corrected chi connectivity index (χ1v) is 12.5. The van der Waals surface area contributed by atoms with E-state index in [0.29, 0.717) is 37.0 Å². The van der Waals surface area contributed by atoms with Crippen molar-refractivity contribution in [2.24, 2.45) is 0 Å². The zero-order valence-electron chi connectivity index (χ0n) is 21.1. The molecule has 1 aliphatic carbocycles. The highest BCUT2D eigenvalue weighted by Crippen LogP contribution is 2.60. The van der Waals surface area contributed by atoms with Gasteiger partial charge in [0.05, 0.1) is 16.7 Å². The van der Waals surface area contributed by atoms with Gasteiger partial charge in [0.25, 0.3) is 0 Å². The topological polar surface area (TPSA) is 9.23 Å². The van der Waals surface area contributed by atoms with Crippen LogP contribution in [-0.2, 0) is 30.8 Å². The van der Waals surface area contributed by atoms with Crippen molar-refractivity contribution in [3.63, 3.8) is 0 Å². The molecule has 1 aliphatic rings. The van der Waals surface area contributed by atoms with Gasteiger partial charge in [-0.1, -0.05) is 51.3 Å². The van der Waals surface area contributed by atoms with Crippen LogP contribution < -0.4 is 4.74 Å². The second kappa shape index (κ2) is 10.4. The highest BCUT2D eigenvalue weighted by molar-refractivity contribution is 5.77. The number of aryl methyl sites for hydroxylation is 2. The third-order valence-corrected chi connectivity index (χ3v) is 6.81. The van der Waals surface area contributed by atoms with Gasteiger partial charge in [-0.25, -0.2) is 13.2 Å². The van der Waals surface area contributed by atoms with Crippen LogP contribution >= 0.6 is 0 Å². The minimum atomic E-state index is -5.31. The predicted octanol–water partition coefficient (Wildman–Crippen LogP) is 9.78. The molecular formula is C29H25F9O. The number of ether oxygens (including phenoxy) is 1. The van der Waals surface area contributed by atoms with Crippen LogP contribution in [0.5, 0.6) is 5.75 Å². The van der Waals surface area contributed by atoms with Gasteiger partial charge in [-0.3, -0.25) is 0 Å². The molecule has 0 bridgehead atoms. The third kappa shape index (κ3) is 4.87. The summed E-state index contributed by atoms with van der Waals surface area (Å²) in [4.78, 5) is 0. The van der Waals surface area contributed by atoms with Crippen LogP contribution in [-0.4, -0.2) is 0 Å². The standard InChI is InChI=1S/C29H25F9O/c1-3-5-6-8-16-9-13-20(21(30)15-16)29(37,38)39-22-14-12-19-18-11-10-17(7-4-2)25(31)23(18)27(33,34)28(35,36)24(19)26(22)32/h9-15H,3-8H2,1-2H3. The normalized spacial score (nSPS) is 15.6. The molecule has 0 aromatic heterocycles. The highest BCUT2D eigenvalue weighted by Gasteiger charge is 2.65. The van der Waals surface area contributed by atoms with Crippen LogP contribution in [0.15, 0.2) is 42.5 Å². The van der Waals surface area contributed by atoms with E-state index >= 15 is 22.0 Å². The lowest BCUT2D eigenvalue weighted by Crippen LogP contribution is -2.41. The average molecular weight is 561 g/mol. The van der Waals surface area contributed by atoms with Gasteiger partial charge in [0.1, 0.15) is 11.6 Å². The molecule has 210 valence electrons. The fraction of sp³-hybridized carbons (Fsp3) is 0.379. The van der Waals surface area contributed by atoms with Crippen LogP contribution in [0.4, 0.5) is 39.5 Å². The number of unbranched alkanes of at least 4 members (excludes halogenated alkanes) is 2. The van der Waals surface area contributed by atoms with Gasteiger partial charge in [-0.15, -0.1) is 0 Å². The Bertz CT molecular complexity index is 1380. The van der Waals surface area contributed by atoms with E-state index in [0.717, 1.165) is 37.1 Å². The SMILES string of the molecule is CCCCCc1ccc(C(F)(F)Oc2ccc3c(c2F)C(F)(F)C(F)(F)c2c-3ccc(CCC)c2F)c(F)c1. The van der Waals surface area contributed by atoms with Gasteiger partial charge < -0.3 is 4.74 Å². The zero-order chi connectivity index (χ0) is 28.8. The van der Waals surface area contributed by atoms with Gasteiger partial charge in [0, 0.05) is 0 Å². The number of rotatable bonds is 9. The van der Waals surface area contributed by atoms with Crippen molar-refractivity contribution < 1.29 is 44.3 Å². The van der Waals surface area contributed by atoms with E-state index in [9.17, 15) is 17.6 Å². The van der Waals surface area contributed by atoms with E-state index in [1.807, 2.05) is 6.92 Å². The van der Waals surface area contributed by atoms with Crippen molar-refractivity contribution in [2.45, 2.75) is 70.3 Å². The maximum absolute atomic E-state index is 15.3. The molecule has 0 saturated heterocycles. The largest absolute Gasteiger partial charge is 0.429 e. The van der Waals surface area contributed by atoms with E-state index in [1.54, 1.807) is 6.92 Å². The van der Waals surface area contributed by atoms with Crippen LogP contribution in [0.2, 0.25) is 0 Å². The van der Waals surface area contributed by atoms with Crippen molar-refractivity contribution in [1.29, 1.82) is 0 Å². The molecule has 0 N–H and O–H groups in total. The van der Waals surface area contributed by atoms with Gasteiger partial charge >= 0.3 is 18.0 Å². The number of hydrogen-bond acceptors (Lipinski definition) is 1. The Labute approximate surface area is 219 Å². The molecule has 0 unspecified atom stereocenters. The summed E-state index contributed by atoms with van der Waals surface area (Å²) in [5, 5.41) is 0. The maximum Gasteiger partial charge on any atom is 0.429 e. The highest BCUT2D eigenvalue weighted by atomic mass is 19.3. The summed E-state index contributed by atoms with van der Waals surface area (Å²) < 4.78 is 139. The first kappa shape index (κ1) is 28.8. The number of halogens is 9. The summed E-state index contributed by atoms with van der Waals surface area (Å²) in [6.07, 6.45) is -1.31. The van der Waals surface area contributed by atoms with Crippen molar-refractivity contribution >= 4 is 0 Å². The van der Waals surface area contributed by atoms with E-state index in [2.05, 4.69) is 4.74 Å². The van der Waals surface area contributed by atoms with Crippen LogP contribution in [0, 0.1) is 17.5 Å². The molecule has 0 saturated carbocycles. The Morgan fingerprint density at radius 3 is 1.92 bits per heavy atom. The van der Waals surface area contributed by atoms with Gasteiger partial charge in [-0.2, -0.15) is 26.3 Å². The maximum atomic E-state index is 15.3. The van der Waals surface area contributed by atoms with Gasteiger partial charge in [0.2, 0.25) is 0 Å². The van der Waals surface area contributed by atoms with Crippen LogP contribution in [0.1, 0.15) is 67.3 Å². The molecule has 0 fully saturated rings. The third-order valence-electron chi connectivity index (χ3n) is 6.81. The molecule has 0 heterocycles. The van der Waals surface area contributed by atoms with E-state index < -0.39 is 69.0 Å². The Morgan fingerprint density at radius 1 is 0.718 bits per heavy atom. The molecule has 4 rings (SSSR count). The lowest BCUT2D eigenvalue weighted by atomic mass is 9.79. The summed E-state index contributed by atoms with van der Waals surface area (Å²) >= 11 is 0. The average Bonchev–Trinajstić information content (AvgIpc) is 2.85. The van der Waals surface area contributed by atoms with Crippen LogP contribution in [0.25, 0.3) is 11.1 Å². The molecule has 0 radical (unpaired) electrons. The molecule has 0 spiro atoms. The molecule has 0 amide bonds. The zero-order valence-corrected chi connectivity index (χ0v) is 21.1. The first-order valence-electron chi connectivity index (χ1n) is 12.5. The van der Waals surface area contributed by atoms with Gasteiger partial charge in [0.15, 0.2) is 11.6 Å². The van der Waals surface area contributed by atoms with Crippen molar-refractivity contribution in [3.05, 3.63) is 87.7 Å². The fourth-order valence-corrected chi connectivity index (χ4v) is 4.82. The molecule has 1 nitrogen and oxygen atoms in total. The molecule has 0 atom stereocenters. The second-order valence-electron chi connectivity index (χ2n) is 9.55.